The fraction of sp³-hybridized carbons (Fsp3) is 0.500. The van der Waals surface area contributed by atoms with Gasteiger partial charge in [-0.1, -0.05) is 0 Å². The van der Waals surface area contributed by atoms with Gasteiger partial charge in [-0.3, -0.25) is 4.79 Å². The Bertz CT molecular complexity index is 756. The summed E-state index contributed by atoms with van der Waals surface area (Å²) in [5, 5.41) is 2.16. The van der Waals surface area contributed by atoms with E-state index in [4.69, 9.17) is 0 Å². The van der Waals surface area contributed by atoms with Gasteiger partial charge in [-0.05, 0) is 38.5 Å². The van der Waals surface area contributed by atoms with Crippen LogP contribution in [0.1, 0.15) is 25.8 Å². The number of sulfonamides is 1. The molecule has 0 aromatic heterocycles. The van der Waals surface area contributed by atoms with Gasteiger partial charge in [0.15, 0.2) is 4.75 Å². The van der Waals surface area contributed by atoms with Crippen LogP contribution in [0.5, 0.6) is 0 Å². The van der Waals surface area contributed by atoms with Crippen molar-refractivity contribution in [2.45, 2.75) is 31.2 Å². The molecule has 10 heteroatoms. The van der Waals surface area contributed by atoms with Crippen LogP contribution in [0.4, 0.5) is 23.2 Å². The van der Waals surface area contributed by atoms with Crippen molar-refractivity contribution in [1.82, 2.24) is 4.31 Å². The smallest absolute Gasteiger partial charge is 0.325 e. The maximum atomic E-state index is 13.5. The molecule has 1 aliphatic heterocycles. The Labute approximate surface area is 136 Å². The molecule has 1 heterocycles. The molecule has 1 N–H and O–H groups in total. The first kappa shape index (κ1) is 18.7. The molecule has 0 radical (unpaired) electrons. The Hall–Kier alpha value is -1.68. The molecule has 0 spiro atoms. The average Bonchev–Trinajstić information content (AvgIpc) is 2.33. The van der Waals surface area contributed by atoms with E-state index in [0.29, 0.717) is 31.6 Å². The highest BCUT2D eigenvalue weighted by Crippen LogP contribution is 2.33. The predicted octanol–water partition coefficient (Wildman–Crippen LogP) is 2.60. The molecule has 1 fully saturated rings. The van der Waals surface area contributed by atoms with Gasteiger partial charge in [-0.25, -0.2) is 17.1 Å². The fourth-order valence-corrected chi connectivity index (χ4v) is 3.74. The molecule has 2 rings (SSSR count). The van der Waals surface area contributed by atoms with Gasteiger partial charge in [0.05, 0.1) is 5.56 Å². The second-order valence-electron chi connectivity index (χ2n) is 5.91. The third-order valence-electron chi connectivity index (χ3n) is 3.88. The van der Waals surface area contributed by atoms with Crippen LogP contribution in [0.3, 0.4) is 0 Å². The first-order valence-electron chi connectivity index (χ1n) is 7.05. The standard InChI is InChI=1S/C14H16F4N2O3S/c1-13(2,24(22,23)20-6-3-7-20)12(21)19-9-4-5-10(11(15)8-9)14(16,17)18/h4-5,8H,3,6-7H2,1-2H3,(H,19,21). The second-order valence-corrected chi connectivity index (χ2v) is 8.40. The number of nitrogens with one attached hydrogen (secondary N) is 1. The molecule has 1 aromatic rings. The molecule has 1 amide bonds. The number of carbonyl (C=O) groups is 1. The number of nitrogens with zero attached hydrogens (tertiary/aromatic N) is 1. The van der Waals surface area contributed by atoms with Gasteiger partial charge >= 0.3 is 6.18 Å². The van der Waals surface area contributed by atoms with Crippen molar-refractivity contribution in [2.24, 2.45) is 0 Å². The number of anilines is 1. The maximum Gasteiger partial charge on any atom is 0.419 e. The van der Waals surface area contributed by atoms with Gasteiger partial charge in [0.25, 0.3) is 0 Å². The van der Waals surface area contributed by atoms with E-state index in [0.717, 1.165) is 10.4 Å². The number of alkyl halides is 3. The van der Waals surface area contributed by atoms with E-state index in [1.54, 1.807) is 0 Å². The molecule has 5 nitrogen and oxygen atoms in total. The third-order valence-corrected chi connectivity index (χ3v) is 6.40. The third kappa shape index (κ3) is 3.25. The lowest BCUT2D eigenvalue weighted by atomic mass is 10.1. The van der Waals surface area contributed by atoms with Crippen LogP contribution in [-0.4, -0.2) is 36.5 Å². The lowest BCUT2D eigenvalue weighted by Gasteiger charge is -2.36. The molecule has 0 aliphatic carbocycles. The first-order chi connectivity index (χ1) is 10.9. The minimum absolute atomic E-state index is 0.252. The summed E-state index contributed by atoms with van der Waals surface area (Å²) in [6.45, 7) is 3.01. The van der Waals surface area contributed by atoms with E-state index in [2.05, 4.69) is 5.32 Å². The highest BCUT2D eigenvalue weighted by atomic mass is 32.2. The van der Waals surface area contributed by atoms with Crippen molar-refractivity contribution in [2.75, 3.05) is 18.4 Å². The van der Waals surface area contributed by atoms with Crippen LogP contribution < -0.4 is 5.32 Å². The second kappa shape index (κ2) is 5.99. The molecular weight excluding hydrogens is 352 g/mol. The summed E-state index contributed by atoms with van der Waals surface area (Å²) >= 11 is 0. The summed E-state index contributed by atoms with van der Waals surface area (Å²) < 4.78 is 75.1. The van der Waals surface area contributed by atoms with Gasteiger partial charge in [-0.2, -0.15) is 13.2 Å². The van der Waals surface area contributed by atoms with Crippen molar-refractivity contribution in [3.63, 3.8) is 0 Å². The van der Waals surface area contributed by atoms with E-state index in [1.807, 2.05) is 0 Å². The zero-order chi connectivity index (χ0) is 18.3. The molecule has 0 unspecified atom stereocenters. The molecule has 1 aliphatic rings. The number of amides is 1. The normalized spacial score (nSPS) is 16.6. The van der Waals surface area contributed by atoms with Crippen LogP contribution in [0.15, 0.2) is 18.2 Å². The Morgan fingerprint density at radius 2 is 1.79 bits per heavy atom. The van der Waals surface area contributed by atoms with Gasteiger partial charge in [-0.15, -0.1) is 0 Å². The van der Waals surface area contributed by atoms with Crippen LogP contribution in [0.25, 0.3) is 0 Å². The van der Waals surface area contributed by atoms with E-state index >= 15 is 0 Å². The van der Waals surface area contributed by atoms with Gasteiger partial charge in [0.2, 0.25) is 15.9 Å². The largest absolute Gasteiger partial charge is 0.419 e. The first-order valence-corrected chi connectivity index (χ1v) is 8.49. The molecule has 0 saturated carbocycles. The molecule has 1 saturated heterocycles. The summed E-state index contributed by atoms with van der Waals surface area (Å²) in [6, 6.07) is 1.87. The quantitative estimate of drug-likeness (QED) is 0.831. The molecule has 1 aromatic carbocycles. The van der Waals surface area contributed by atoms with Gasteiger partial charge in [0, 0.05) is 18.8 Å². The van der Waals surface area contributed by atoms with Crippen molar-refractivity contribution < 1.29 is 30.8 Å². The molecule has 134 valence electrons. The topological polar surface area (TPSA) is 66.5 Å². The molecule has 24 heavy (non-hydrogen) atoms. The number of hydrogen-bond acceptors (Lipinski definition) is 3. The number of benzene rings is 1. The minimum atomic E-state index is -4.85. The van der Waals surface area contributed by atoms with Crippen molar-refractivity contribution in [1.29, 1.82) is 0 Å². The Balaban J connectivity index is 2.21. The summed E-state index contributed by atoms with van der Waals surface area (Å²) in [5.41, 5.74) is -1.72. The SMILES string of the molecule is CC(C)(C(=O)Nc1ccc(C(F)(F)F)c(F)c1)S(=O)(=O)N1CCC1. The number of rotatable bonds is 4. The Morgan fingerprint density at radius 1 is 1.21 bits per heavy atom. The lowest BCUT2D eigenvalue weighted by molar-refractivity contribution is -0.139. The number of halogens is 4. The van der Waals surface area contributed by atoms with Gasteiger partial charge in [0.1, 0.15) is 5.82 Å². The van der Waals surface area contributed by atoms with Crippen molar-refractivity contribution in [3.8, 4) is 0 Å². The van der Waals surface area contributed by atoms with Crippen LogP contribution >= 0.6 is 0 Å². The van der Waals surface area contributed by atoms with Crippen molar-refractivity contribution in [3.05, 3.63) is 29.6 Å². The number of carbonyl (C=O) groups excluding carboxylic acids is 1. The summed E-state index contributed by atoms with van der Waals surface area (Å²) in [7, 11) is -3.92. The predicted molar refractivity (Wildman–Crippen MR) is 79.2 cm³/mol. The highest BCUT2D eigenvalue weighted by molar-refractivity contribution is 7.91. The minimum Gasteiger partial charge on any atom is -0.325 e. The van der Waals surface area contributed by atoms with Crippen LogP contribution in [-0.2, 0) is 21.0 Å². The zero-order valence-electron chi connectivity index (χ0n) is 12.9. The molecular formula is C14H16F4N2O3S. The number of hydrogen-bond donors (Lipinski definition) is 1. The monoisotopic (exact) mass is 368 g/mol. The Kier molecular flexibility index (Phi) is 4.66. The lowest BCUT2D eigenvalue weighted by Crippen LogP contribution is -2.55. The average molecular weight is 368 g/mol. The van der Waals surface area contributed by atoms with Crippen molar-refractivity contribution >= 4 is 21.6 Å². The van der Waals surface area contributed by atoms with Crippen LogP contribution in [0, 0.1) is 5.82 Å². The molecule has 0 bridgehead atoms. The fourth-order valence-electron chi connectivity index (χ4n) is 2.07. The zero-order valence-corrected chi connectivity index (χ0v) is 13.8. The van der Waals surface area contributed by atoms with Gasteiger partial charge < -0.3 is 5.32 Å². The summed E-state index contributed by atoms with van der Waals surface area (Å²) in [4.78, 5) is 12.3. The maximum absolute atomic E-state index is 13.5. The summed E-state index contributed by atoms with van der Waals surface area (Å²) in [6.07, 6.45) is -4.16. The Morgan fingerprint density at radius 3 is 2.21 bits per heavy atom. The molecule has 0 atom stereocenters. The van der Waals surface area contributed by atoms with E-state index in [-0.39, 0.29) is 5.69 Å². The van der Waals surface area contributed by atoms with Crippen LogP contribution in [0.2, 0.25) is 0 Å². The highest BCUT2D eigenvalue weighted by Gasteiger charge is 2.47. The van der Waals surface area contributed by atoms with E-state index in [1.165, 1.54) is 13.8 Å². The van der Waals surface area contributed by atoms with E-state index in [9.17, 15) is 30.8 Å². The van der Waals surface area contributed by atoms with E-state index < -0.39 is 38.2 Å². The summed E-state index contributed by atoms with van der Waals surface area (Å²) in [5.74, 6) is -2.50.